The summed E-state index contributed by atoms with van der Waals surface area (Å²) < 4.78 is 5.32. The van der Waals surface area contributed by atoms with Crippen LogP contribution < -0.4 is 10.1 Å². The predicted octanol–water partition coefficient (Wildman–Crippen LogP) is 7.73. The summed E-state index contributed by atoms with van der Waals surface area (Å²) >= 11 is 1.34. The monoisotopic (exact) mass is 521 g/mol. The van der Waals surface area contributed by atoms with Gasteiger partial charge in [-0.2, -0.15) is 5.26 Å². The number of aromatic nitrogens is 1. The van der Waals surface area contributed by atoms with Gasteiger partial charge in [0.15, 0.2) is 0 Å². The van der Waals surface area contributed by atoms with Gasteiger partial charge in [0.25, 0.3) is 0 Å². The van der Waals surface area contributed by atoms with Crippen molar-refractivity contribution in [2.75, 3.05) is 12.4 Å². The second-order valence-corrected chi connectivity index (χ2v) is 10.5. The Morgan fingerprint density at radius 1 is 0.974 bits per heavy atom. The third-order valence-corrected chi connectivity index (χ3v) is 7.77. The fourth-order valence-electron chi connectivity index (χ4n) is 4.13. The Morgan fingerprint density at radius 2 is 1.63 bits per heavy atom. The van der Waals surface area contributed by atoms with E-state index >= 15 is 0 Å². The van der Waals surface area contributed by atoms with Crippen LogP contribution in [0, 0.1) is 32.1 Å². The maximum atomic E-state index is 13.4. The number of pyridine rings is 1. The van der Waals surface area contributed by atoms with Crippen molar-refractivity contribution >= 4 is 23.4 Å². The maximum Gasteiger partial charge on any atom is 0.237 e. The molecule has 6 heteroatoms. The van der Waals surface area contributed by atoms with E-state index in [-0.39, 0.29) is 5.91 Å². The highest BCUT2D eigenvalue weighted by Gasteiger charge is 2.24. The lowest BCUT2D eigenvalue weighted by molar-refractivity contribution is -0.115. The number of anilines is 1. The first kappa shape index (κ1) is 27.0. The minimum Gasteiger partial charge on any atom is -0.497 e. The van der Waals surface area contributed by atoms with Crippen LogP contribution in [-0.2, 0) is 4.79 Å². The third-order valence-electron chi connectivity index (χ3n) is 6.41. The van der Waals surface area contributed by atoms with E-state index in [2.05, 4.69) is 11.4 Å². The second kappa shape index (κ2) is 12.0. The topological polar surface area (TPSA) is 75.0 Å². The molecule has 0 bridgehead atoms. The van der Waals surface area contributed by atoms with Gasteiger partial charge in [-0.3, -0.25) is 4.79 Å². The van der Waals surface area contributed by atoms with Gasteiger partial charge in [0.05, 0.1) is 23.6 Å². The van der Waals surface area contributed by atoms with Gasteiger partial charge in [-0.25, -0.2) is 4.98 Å². The lowest BCUT2D eigenvalue weighted by Gasteiger charge is -2.18. The van der Waals surface area contributed by atoms with Crippen LogP contribution in [0.15, 0.2) is 77.8 Å². The molecule has 0 aliphatic heterocycles. The van der Waals surface area contributed by atoms with E-state index < -0.39 is 5.25 Å². The Morgan fingerprint density at radius 3 is 2.26 bits per heavy atom. The Kier molecular flexibility index (Phi) is 8.50. The Labute approximate surface area is 228 Å². The van der Waals surface area contributed by atoms with E-state index in [4.69, 9.17) is 9.72 Å². The molecule has 0 aliphatic rings. The highest BCUT2D eigenvalue weighted by molar-refractivity contribution is 8.00. The summed E-state index contributed by atoms with van der Waals surface area (Å²) in [7, 11) is 1.63. The lowest BCUT2D eigenvalue weighted by atomic mass is 9.98. The molecule has 1 unspecified atom stereocenters. The molecule has 38 heavy (non-hydrogen) atoms. The number of benzene rings is 3. The van der Waals surface area contributed by atoms with E-state index in [1.807, 2.05) is 100 Å². The Balaban J connectivity index is 1.77. The van der Waals surface area contributed by atoms with Crippen molar-refractivity contribution < 1.29 is 9.53 Å². The van der Waals surface area contributed by atoms with Crippen LogP contribution in [-0.4, -0.2) is 23.3 Å². The molecule has 1 aromatic heterocycles. The van der Waals surface area contributed by atoms with Crippen molar-refractivity contribution in [1.29, 1.82) is 5.26 Å². The number of methoxy groups -OCH3 is 1. The molecular weight excluding hydrogens is 490 g/mol. The first-order valence-corrected chi connectivity index (χ1v) is 13.4. The molecule has 0 radical (unpaired) electrons. The van der Waals surface area contributed by atoms with Crippen molar-refractivity contribution in [1.82, 2.24) is 4.98 Å². The van der Waals surface area contributed by atoms with E-state index in [1.54, 1.807) is 7.11 Å². The smallest absolute Gasteiger partial charge is 0.237 e. The van der Waals surface area contributed by atoms with Crippen LogP contribution in [0.3, 0.4) is 0 Å². The van der Waals surface area contributed by atoms with Gasteiger partial charge in [0.1, 0.15) is 16.8 Å². The Hall–Kier alpha value is -4.08. The first-order chi connectivity index (χ1) is 18.3. The molecule has 0 saturated heterocycles. The molecule has 1 atom stereocenters. The zero-order chi connectivity index (χ0) is 27.2. The SMILES string of the molecule is CCC(Sc1nc(-c2ccc(OC)cc2)cc(-c2ccc(C)cc2)c1C#N)C(=O)Nc1cc(C)ccc1C. The number of thioether (sulfide) groups is 1. The minimum absolute atomic E-state index is 0.108. The highest BCUT2D eigenvalue weighted by Crippen LogP contribution is 2.37. The quantitative estimate of drug-likeness (QED) is 0.240. The van der Waals surface area contributed by atoms with E-state index in [0.29, 0.717) is 17.0 Å². The van der Waals surface area contributed by atoms with Crippen molar-refractivity contribution in [2.45, 2.75) is 44.4 Å². The molecule has 4 aromatic rings. The van der Waals surface area contributed by atoms with Crippen LogP contribution in [0.4, 0.5) is 5.69 Å². The zero-order valence-electron chi connectivity index (χ0n) is 22.3. The molecule has 0 saturated carbocycles. The summed E-state index contributed by atoms with van der Waals surface area (Å²) in [4.78, 5) is 18.3. The standard InChI is InChI=1S/C32H31N3O2S/c1-6-30(31(36)34-28-17-21(3)7-10-22(28)4)38-32-27(19-33)26(23-11-8-20(2)9-12-23)18-29(35-32)24-13-15-25(37-5)16-14-24/h7-18,30H,6H2,1-5H3,(H,34,36). The summed E-state index contributed by atoms with van der Waals surface area (Å²) in [5.74, 6) is 0.647. The van der Waals surface area contributed by atoms with Gasteiger partial charge in [0.2, 0.25) is 5.91 Å². The van der Waals surface area contributed by atoms with Crippen molar-refractivity contribution in [3.05, 3.63) is 95.1 Å². The number of ether oxygens (including phenoxy) is 1. The average Bonchev–Trinajstić information content (AvgIpc) is 2.93. The number of amides is 1. The van der Waals surface area contributed by atoms with Crippen LogP contribution in [0.2, 0.25) is 0 Å². The fraction of sp³-hybridized carbons (Fsp3) is 0.219. The van der Waals surface area contributed by atoms with Gasteiger partial charge >= 0.3 is 0 Å². The first-order valence-electron chi connectivity index (χ1n) is 12.5. The molecule has 0 spiro atoms. The Bertz CT molecular complexity index is 1490. The molecular formula is C32H31N3O2S. The van der Waals surface area contributed by atoms with E-state index in [0.717, 1.165) is 50.5 Å². The van der Waals surface area contributed by atoms with Crippen molar-refractivity contribution in [2.24, 2.45) is 0 Å². The summed E-state index contributed by atoms with van der Waals surface area (Å²) in [6.07, 6.45) is 0.584. The lowest BCUT2D eigenvalue weighted by Crippen LogP contribution is -2.25. The number of carbonyl (C=O) groups is 1. The predicted molar refractivity (Wildman–Crippen MR) is 156 cm³/mol. The van der Waals surface area contributed by atoms with Gasteiger partial charge in [-0.05, 0) is 80.3 Å². The molecule has 1 heterocycles. The number of nitrogens with one attached hydrogen (secondary N) is 1. The van der Waals surface area contributed by atoms with Crippen LogP contribution in [0.1, 0.15) is 35.6 Å². The van der Waals surface area contributed by atoms with Crippen molar-refractivity contribution in [3.63, 3.8) is 0 Å². The van der Waals surface area contributed by atoms with Crippen LogP contribution >= 0.6 is 11.8 Å². The van der Waals surface area contributed by atoms with Gasteiger partial charge in [-0.1, -0.05) is 60.6 Å². The summed E-state index contributed by atoms with van der Waals surface area (Å²) in [6, 6.07) is 26.1. The second-order valence-electron chi connectivity index (χ2n) is 9.26. The number of hydrogen-bond acceptors (Lipinski definition) is 5. The molecule has 0 aliphatic carbocycles. The average molecular weight is 522 g/mol. The summed E-state index contributed by atoms with van der Waals surface area (Å²) in [5.41, 5.74) is 7.84. The molecule has 4 rings (SSSR count). The van der Waals surface area contributed by atoms with Gasteiger partial charge in [0, 0.05) is 16.8 Å². The molecule has 192 valence electrons. The highest BCUT2D eigenvalue weighted by atomic mass is 32.2. The minimum atomic E-state index is -0.425. The molecule has 0 fully saturated rings. The number of nitrogens with zero attached hydrogens (tertiary/aromatic N) is 2. The number of nitriles is 1. The summed E-state index contributed by atoms with van der Waals surface area (Å²) in [6.45, 7) is 7.98. The molecule has 1 N–H and O–H groups in total. The van der Waals surface area contributed by atoms with E-state index in [1.165, 1.54) is 11.8 Å². The number of rotatable bonds is 8. The maximum absolute atomic E-state index is 13.4. The van der Waals surface area contributed by atoms with Gasteiger partial charge in [-0.15, -0.1) is 0 Å². The zero-order valence-corrected chi connectivity index (χ0v) is 23.1. The van der Waals surface area contributed by atoms with Crippen LogP contribution in [0.25, 0.3) is 22.4 Å². The number of aryl methyl sites for hydroxylation is 3. The van der Waals surface area contributed by atoms with Gasteiger partial charge < -0.3 is 10.1 Å². The fourth-order valence-corrected chi connectivity index (χ4v) is 5.15. The molecule has 1 amide bonds. The summed E-state index contributed by atoms with van der Waals surface area (Å²) in [5, 5.41) is 13.5. The molecule has 5 nitrogen and oxygen atoms in total. The number of hydrogen-bond donors (Lipinski definition) is 1. The van der Waals surface area contributed by atoms with Crippen molar-refractivity contribution in [3.8, 4) is 34.2 Å². The normalized spacial score (nSPS) is 11.5. The largest absolute Gasteiger partial charge is 0.497 e. The number of carbonyl (C=O) groups excluding carboxylic acids is 1. The van der Waals surface area contributed by atoms with Crippen LogP contribution in [0.5, 0.6) is 5.75 Å². The third kappa shape index (κ3) is 6.07. The molecule has 3 aromatic carbocycles. The van der Waals surface area contributed by atoms with E-state index in [9.17, 15) is 10.1 Å².